The molecule has 0 saturated carbocycles. The molecule has 1 heterocycles. The van der Waals surface area contributed by atoms with Crippen LogP contribution in [0.5, 0.6) is 0 Å². The third-order valence-electron chi connectivity index (χ3n) is 4.81. The first-order valence-electron chi connectivity index (χ1n) is 9.17. The average Bonchev–Trinajstić information content (AvgIpc) is 2.96. The van der Waals surface area contributed by atoms with Crippen molar-refractivity contribution in [2.45, 2.75) is 36.6 Å². The van der Waals surface area contributed by atoms with Crippen molar-refractivity contribution >= 4 is 27.8 Å². The smallest absolute Gasteiger partial charge is 0.264 e. The lowest BCUT2D eigenvalue weighted by Crippen LogP contribution is -2.49. The molecular weight excluding hydrogens is 410 g/mol. The van der Waals surface area contributed by atoms with E-state index >= 15 is 0 Å². The Bertz CT molecular complexity index is 958. The van der Waals surface area contributed by atoms with Crippen LogP contribution in [0.3, 0.4) is 0 Å². The standard InChI is InChI=1S/C21H25NO5S2/c1-21(2)22(20(23)16-8-6-5-7-9-16)18(14-26-29(4,24)25)19(27-21)15-10-12-17(28-3)13-11-15/h5-13,18-19H,14H2,1-4H3/t18-,19-/m0/s1. The number of hydrogen-bond donors (Lipinski definition) is 0. The molecule has 0 aliphatic carbocycles. The Morgan fingerprint density at radius 3 is 2.31 bits per heavy atom. The number of hydrogen-bond acceptors (Lipinski definition) is 6. The van der Waals surface area contributed by atoms with Crippen LogP contribution in [0.15, 0.2) is 59.5 Å². The van der Waals surface area contributed by atoms with Gasteiger partial charge in [0.25, 0.3) is 16.0 Å². The molecule has 29 heavy (non-hydrogen) atoms. The molecule has 2 aromatic rings. The van der Waals surface area contributed by atoms with Crippen LogP contribution in [0, 0.1) is 0 Å². The van der Waals surface area contributed by atoms with Crippen molar-refractivity contribution in [3.63, 3.8) is 0 Å². The van der Waals surface area contributed by atoms with E-state index in [0.29, 0.717) is 5.56 Å². The van der Waals surface area contributed by atoms with Gasteiger partial charge in [0.2, 0.25) is 0 Å². The van der Waals surface area contributed by atoms with Crippen molar-refractivity contribution in [3.8, 4) is 0 Å². The highest BCUT2D eigenvalue weighted by molar-refractivity contribution is 7.98. The summed E-state index contributed by atoms with van der Waals surface area (Å²) >= 11 is 1.63. The molecule has 6 nitrogen and oxygen atoms in total. The maximum absolute atomic E-state index is 13.3. The van der Waals surface area contributed by atoms with Crippen LogP contribution in [0.4, 0.5) is 0 Å². The summed E-state index contributed by atoms with van der Waals surface area (Å²) in [6.45, 7) is 3.42. The summed E-state index contributed by atoms with van der Waals surface area (Å²) in [6, 6.07) is 16.1. The van der Waals surface area contributed by atoms with Gasteiger partial charge in [-0.15, -0.1) is 11.8 Å². The molecule has 1 amide bonds. The summed E-state index contributed by atoms with van der Waals surface area (Å²) < 4.78 is 34.7. The highest BCUT2D eigenvalue weighted by Gasteiger charge is 2.50. The van der Waals surface area contributed by atoms with Gasteiger partial charge in [-0.25, -0.2) is 0 Å². The van der Waals surface area contributed by atoms with Gasteiger partial charge in [0.1, 0.15) is 11.8 Å². The molecule has 0 N–H and O–H groups in total. The molecule has 2 aromatic carbocycles. The van der Waals surface area contributed by atoms with Gasteiger partial charge in [-0.05, 0) is 49.9 Å². The fourth-order valence-corrected chi connectivity index (χ4v) is 4.33. The number of thioether (sulfide) groups is 1. The first-order chi connectivity index (χ1) is 13.6. The minimum absolute atomic E-state index is 0.185. The van der Waals surface area contributed by atoms with Crippen molar-refractivity contribution in [1.82, 2.24) is 4.90 Å². The SMILES string of the molecule is CSc1ccc([C@@H]2OC(C)(C)N(C(=O)c3ccccc3)[C@H]2COS(C)(=O)=O)cc1. The Morgan fingerprint density at radius 1 is 1.14 bits per heavy atom. The Kier molecular flexibility index (Phi) is 6.38. The van der Waals surface area contributed by atoms with E-state index in [-0.39, 0.29) is 12.5 Å². The van der Waals surface area contributed by atoms with Crippen LogP contribution in [0.1, 0.15) is 35.9 Å². The first-order valence-corrected chi connectivity index (χ1v) is 12.2. The second-order valence-electron chi connectivity index (χ2n) is 7.36. The summed E-state index contributed by atoms with van der Waals surface area (Å²) in [5, 5.41) is 0. The molecule has 1 aliphatic heterocycles. The molecule has 1 aliphatic rings. The number of carbonyl (C=O) groups excluding carboxylic acids is 1. The Morgan fingerprint density at radius 2 is 1.76 bits per heavy atom. The molecular formula is C21H25NO5S2. The quantitative estimate of drug-likeness (QED) is 0.509. The van der Waals surface area contributed by atoms with Crippen LogP contribution in [-0.4, -0.2) is 50.1 Å². The summed E-state index contributed by atoms with van der Waals surface area (Å²) in [5.74, 6) is -0.235. The molecule has 0 aromatic heterocycles. The number of nitrogens with zero attached hydrogens (tertiary/aromatic N) is 1. The number of amides is 1. The Labute approximate surface area is 176 Å². The molecule has 1 fully saturated rings. The summed E-state index contributed by atoms with van der Waals surface area (Å²) in [5.41, 5.74) is 0.426. The van der Waals surface area contributed by atoms with Crippen LogP contribution in [0.2, 0.25) is 0 Å². The van der Waals surface area contributed by atoms with E-state index in [4.69, 9.17) is 8.92 Å². The van der Waals surface area contributed by atoms with Crippen molar-refractivity contribution in [2.24, 2.45) is 0 Å². The highest BCUT2D eigenvalue weighted by Crippen LogP contribution is 2.42. The number of ether oxygens (including phenoxy) is 1. The third-order valence-corrected chi connectivity index (χ3v) is 6.12. The fraction of sp³-hybridized carbons (Fsp3) is 0.381. The molecule has 1 saturated heterocycles. The van der Waals surface area contributed by atoms with Crippen LogP contribution in [-0.2, 0) is 19.0 Å². The summed E-state index contributed by atoms with van der Waals surface area (Å²) in [4.78, 5) is 16.0. The third kappa shape index (κ3) is 5.01. The molecule has 0 bridgehead atoms. The monoisotopic (exact) mass is 435 g/mol. The lowest BCUT2D eigenvalue weighted by atomic mass is 10.0. The molecule has 0 radical (unpaired) electrons. The minimum Gasteiger partial charge on any atom is -0.346 e. The van der Waals surface area contributed by atoms with E-state index < -0.39 is 28.0 Å². The molecule has 0 spiro atoms. The minimum atomic E-state index is -3.68. The van der Waals surface area contributed by atoms with Crippen molar-refractivity contribution < 1.29 is 22.1 Å². The summed E-state index contributed by atoms with van der Waals surface area (Å²) in [7, 11) is -3.68. The second kappa shape index (κ2) is 8.47. The van der Waals surface area contributed by atoms with Gasteiger partial charge in [-0.1, -0.05) is 30.3 Å². The van der Waals surface area contributed by atoms with E-state index in [0.717, 1.165) is 16.7 Å². The fourth-order valence-electron chi connectivity index (χ4n) is 3.53. The van der Waals surface area contributed by atoms with E-state index in [9.17, 15) is 13.2 Å². The zero-order valence-electron chi connectivity index (χ0n) is 16.9. The predicted octanol–water partition coefficient (Wildman–Crippen LogP) is 3.70. The lowest BCUT2D eigenvalue weighted by molar-refractivity contribution is -0.0654. The van der Waals surface area contributed by atoms with E-state index in [2.05, 4.69) is 0 Å². The normalized spacial score (nSPS) is 21.3. The molecule has 2 atom stereocenters. The van der Waals surface area contributed by atoms with E-state index in [1.54, 1.807) is 54.8 Å². The lowest BCUT2D eigenvalue weighted by Gasteiger charge is -2.33. The van der Waals surface area contributed by atoms with Crippen LogP contribution in [0.25, 0.3) is 0 Å². The largest absolute Gasteiger partial charge is 0.346 e. The Balaban J connectivity index is 2.00. The van der Waals surface area contributed by atoms with Gasteiger partial charge >= 0.3 is 0 Å². The Hall–Kier alpha value is -1.87. The topological polar surface area (TPSA) is 72.9 Å². The molecule has 8 heteroatoms. The number of benzene rings is 2. The van der Waals surface area contributed by atoms with Crippen molar-refractivity contribution in [2.75, 3.05) is 19.1 Å². The summed E-state index contributed by atoms with van der Waals surface area (Å²) in [6.07, 6.45) is 2.47. The van der Waals surface area contributed by atoms with E-state index in [1.807, 2.05) is 36.6 Å². The van der Waals surface area contributed by atoms with Gasteiger partial charge in [0, 0.05) is 10.5 Å². The predicted molar refractivity (Wildman–Crippen MR) is 113 cm³/mol. The van der Waals surface area contributed by atoms with Gasteiger partial charge in [0.15, 0.2) is 0 Å². The molecule has 0 unspecified atom stereocenters. The molecule has 156 valence electrons. The highest BCUT2D eigenvalue weighted by atomic mass is 32.2. The zero-order valence-corrected chi connectivity index (χ0v) is 18.5. The van der Waals surface area contributed by atoms with Gasteiger partial charge < -0.3 is 9.64 Å². The maximum atomic E-state index is 13.3. The zero-order chi connectivity index (χ0) is 21.2. The van der Waals surface area contributed by atoms with Crippen molar-refractivity contribution in [3.05, 3.63) is 65.7 Å². The second-order valence-corrected chi connectivity index (χ2v) is 9.88. The van der Waals surface area contributed by atoms with Gasteiger partial charge in [-0.3, -0.25) is 8.98 Å². The number of rotatable bonds is 6. The van der Waals surface area contributed by atoms with E-state index in [1.165, 1.54) is 0 Å². The average molecular weight is 436 g/mol. The van der Waals surface area contributed by atoms with Gasteiger partial charge in [0.05, 0.1) is 18.9 Å². The first kappa shape index (κ1) is 21.8. The van der Waals surface area contributed by atoms with Gasteiger partial charge in [-0.2, -0.15) is 8.42 Å². The van der Waals surface area contributed by atoms with Crippen LogP contribution >= 0.6 is 11.8 Å². The molecule has 3 rings (SSSR count). The van der Waals surface area contributed by atoms with Crippen molar-refractivity contribution in [1.29, 1.82) is 0 Å². The maximum Gasteiger partial charge on any atom is 0.264 e. The number of carbonyl (C=O) groups is 1. The van der Waals surface area contributed by atoms with Crippen LogP contribution < -0.4 is 0 Å².